The largest absolute Gasteiger partial charge is 0.352 e. The molecule has 4 N–H and O–H groups in total. The molecular weight excluding hydrogens is 216 g/mol. The van der Waals surface area contributed by atoms with E-state index in [0.29, 0.717) is 23.8 Å². The van der Waals surface area contributed by atoms with Crippen LogP contribution in [0.3, 0.4) is 0 Å². The summed E-state index contributed by atoms with van der Waals surface area (Å²) in [5, 5.41) is 2.87. The van der Waals surface area contributed by atoms with Crippen LogP contribution < -0.4 is 16.6 Å². The molecule has 1 aromatic heterocycles. The molecule has 0 aliphatic heterocycles. The summed E-state index contributed by atoms with van der Waals surface area (Å²) in [5.41, 5.74) is 3.78. The molecule has 5 nitrogen and oxygen atoms in total. The normalized spacial score (nSPS) is 10.4. The average Bonchev–Trinajstić information content (AvgIpc) is 2.27. The standard InChI is InChI=1S/C12H20N4O/c1-8(2)4-5-14-12(17)10-6-9(3)15-11(7-10)16-13/h6-8H,4-5,13H2,1-3H3,(H,14,17)(H,15,16). The van der Waals surface area contributed by atoms with Crippen molar-refractivity contribution in [1.82, 2.24) is 10.3 Å². The van der Waals surface area contributed by atoms with E-state index in [-0.39, 0.29) is 5.91 Å². The van der Waals surface area contributed by atoms with Crippen molar-refractivity contribution in [3.05, 3.63) is 23.4 Å². The number of nitrogens with zero attached hydrogens (tertiary/aromatic N) is 1. The van der Waals surface area contributed by atoms with Crippen LogP contribution in [0, 0.1) is 12.8 Å². The highest BCUT2D eigenvalue weighted by Gasteiger charge is 2.07. The first-order valence-corrected chi connectivity index (χ1v) is 5.76. The first-order chi connectivity index (χ1) is 8.02. The molecule has 0 bridgehead atoms. The molecule has 1 rings (SSSR count). The van der Waals surface area contributed by atoms with E-state index < -0.39 is 0 Å². The van der Waals surface area contributed by atoms with Gasteiger partial charge in [-0.2, -0.15) is 0 Å². The van der Waals surface area contributed by atoms with Crippen molar-refractivity contribution in [2.45, 2.75) is 27.2 Å². The lowest BCUT2D eigenvalue weighted by Gasteiger charge is -2.09. The maximum absolute atomic E-state index is 11.8. The molecule has 0 saturated carbocycles. The molecule has 1 amide bonds. The Morgan fingerprint density at radius 3 is 2.76 bits per heavy atom. The zero-order valence-electron chi connectivity index (χ0n) is 10.6. The number of rotatable bonds is 5. The molecule has 0 aliphatic carbocycles. The minimum absolute atomic E-state index is 0.0901. The summed E-state index contributed by atoms with van der Waals surface area (Å²) in [6, 6.07) is 3.38. The predicted octanol–water partition coefficient (Wildman–Crippen LogP) is 1.45. The van der Waals surface area contributed by atoms with Gasteiger partial charge in [0.05, 0.1) is 0 Å². The number of hydrogen-bond donors (Lipinski definition) is 3. The van der Waals surface area contributed by atoms with Crippen molar-refractivity contribution in [3.63, 3.8) is 0 Å². The number of amides is 1. The molecule has 5 heteroatoms. The Bertz CT molecular complexity index is 390. The van der Waals surface area contributed by atoms with Crippen molar-refractivity contribution in [1.29, 1.82) is 0 Å². The van der Waals surface area contributed by atoms with E-state index in [0.717, 1.165) is 12.1 Å². The van der Waals surface area contributed by atoms with Gasteiger partial charge in [-0.3, -0.25) is 4.79 Å². The molecule has 0 aromatic carbocycles. The van der Waals surface area contributed by atoms with Gasteiger partial charge in [-0.05, 0) is 31.4 Å². The fraction of sp³-hybridized carbons (Fsp3) is 0.500. The second-order valence-corrected chi connectivity index (χ2v) is 4.47. The van der Waals surface area contributed by atoms with Crippen molar-refractivity contribution >= 4 is 11.7 Å². The first-order valence-electron chi connectivity index (χ1n) is 5.76. The van der Waals surface area contributed by atoms with Crippen LogP contribution in [0.1, 0.15) is 36.3 Å². The summed E-state index contributed by atoms with van der Waals surface area (Å²) in [5.74, 6) is 6.27. The van der Waals surface area contributed by atoms with Crippen LogP contribution in [0.2, 0.25) is 0 Å². The molecule has 0 fully saturated rings. The summed E-state index contributed by atoms with van der Waals surface area (Å²) in [6.45, 7) is 6.76. The van der Waals surface area contributed by atoms with Crippen LogP contribution in [0.15, 0.2) is 12.1 Å². The number of nitrogen functional groups attached to an aromatic ring is 1. The lowest BCUT2D eigenvalue weighted by Crippen LogP contribution is -2.25. The Balaban J connectivity index is 2.65. The number of hydrogen-bond acceptors (Lipinski definition) is 4. The number of aromatic nitrogens is 1. The maximum Gasteiger partial charge on any atom is 0.251 e. The van der Waals surface area contributed by atoms with E-state index in [1.807, 2.05) is 6.92 Å². The van der Waals surface area contributed by atoms with Crippen molar-refractivity contribution in [3.8, 4) is 0 Å². The van der Waals surface area contributed by atoms with Gasteiger partial charge in [0, 0.05) is 17.8 Å². The highest BCUT2D eigenvalue weighted by Crippen LogP contribution is 2.09. The summed E-state index contributed by atoms with van der Waals surface area (Å²) in [7, 11) is 0. The van der Waals surface area contributed by atoms with E-state index in [1.54, 1.807) is 12.1 Å². The topological polar surface area (TPSA) is 80.0 Å². The summed E-state index contributed by atoms with van der Waals surface area (Å²) in [6.07, 6.45) is 0.970. The molecule has 0 spiro atoms. The SMILES string of the molecule is Cc1cc(C(=O)NCCC(C)C)cc(NN)n1. The number of carbonyl (C=O) groups excluding carboxylic acids is 1. The number of aryl methyl sites for hydroxylation is 1. The summed E-state index contributed by atoms with van der Waals surface area (Å²) in [4.78, 5) is 16.0. The average molecular weight is 236 g/mol. The number of nitrogens with two attached hydrogens (primary N) is 1. The molecule has 0 aliphatic rings. The molecule has 0 unspecified atom stereocenters. The van der Waals surface area contributed by atoms with Gasteiger partial charge < -0.3 is 10.7 Å². The number of carbonyl (C=O) groups is 1. The Morgan fingerprint density at radius 2 is 2.18 bits per heavy atom. The zero-order chi connectivity index (χ0) is 12.8. The van der Waals surface area contributed by atoms with E-state index in [2.05, 4.69) is 29.6 Å². The van der Waals surface area contributed by atoms with Crippen LogP contribution in [0.5, 0.6) is 0 Å². The summed E-state index contributed by atoms with van der Waals surface area (Å²) >= 11 is 0. The van der Waals surface area contributed by atoms with Crippen molar-refractivity contribution in [2.75, 3.05) is 12.0 Å². The van der Waals surface area contributed by atoms with Gasteiger partial charge in [0.1, 0.15) is 5.82 Å². The number of nitrogens with one attached hydrogen (secondary N) is 2. The second-order valence-electron chi connectivity index (χ2n) is 4.47. The number of anilines is 1. The fourth-order valence-corrected chi connectivity index (χ4v) is 1.45. The smallest absolute Gasteiger partial charge is 0.251 e. The van der Waals surface area contributed by atoms with Gasteiger partial charge in [-0.15, -0.1) is 0 Å². The second kappa shape index (κ2) is 6.20. The Kier molecular flexibility index (Phi) is 4.90. The Labute approximate surface area is 102 Å². The van der Waals surface area contributed by atoms with Crippen LogP contribution in [0.4, 0.5) is 5.82 Å². The quantitative estimate of drug-likeness (QED) is 0.534. The minimum atomic E-state index is -0.0901. The van der Waals surface area contributed by atoms with Gasteiger partial charge in [0.25, 0.3) is 5.91 Å². The van der Waals surface area contributed by atoms with Gasteiger partial charge in [0.15, 0.2) is 0 Å². The van der Waals surface area contributed by atoms with Gasteiger partial charge in [0.2, 0.25) is 0 Å². The van der Waals surface area contributed by atoms with Gasteiger partial charge >= 0.3 is 0 Å². The minimum Gasteiger partial charge on any atom is -0.352 e. The van der Waals surface area contributed by atoms with Crippen molar-refractivity contribution < 1.29 is 4.79 Å². The third-order valence-electron chi connectivity index (χ3n) is 2.37. The Hall–Kier alpha value is -1.62. The van der Waals surface area contributed by atoms with Crippen LogP contribution in [-0.4, -0.2) is 17.4 Å². The van der Waals surface area contributed by atoms with E-state index >= 15 is 0 Å². The van der Waals surface area contributed by atoms with Crippen LogP contribution in [-0.2, 0) is 0 Å². The fourth-order valence-electron chi connectivity index (χ4n) is 1.45. The predicted molar refractivity (Wildman–Crippen MR) is 68.6 cm³/mol. The molecule has 0 radical (unpaired) electrons. The summed E-state index contributed by atoms with van der Waals surface area (Å²) < 4.78 is 0. The van der Waals surface area contributed by atoms with Crippen molar-refractivity contribution in [2.24, 2.45) is 11.8 Å². The molecular formula is C12H20N4O. The monoisotopic (exact) mass is 236 g/mol. The molecule has 1 aromatic rings. The molecule has 0 atom stereocenters. The highest BCUT2D eigenvalue weighted by atomic mass is 16.1. The third-order valence-corrected chi connectivity index (χ3v) is 2.37. The third kappa shape index (κ3) is 4.40. The van der Waals surface area contributed by atoms with Gasteiger partial charge in [-0.1, -0.05) is 13.8 Å². The van der Waals surface area contributed by atoms with Crippen LogP contribution >= 0.6 is 0 Å². The first kappa shape index (κ1) is 13.4. The number of pyridine rings is 1. The van der Waals surface area contributed by atoms with Crippen LogP contribution in [0.25, 0.3) is 0 Å². The number of hydrazine groups is 1. The zero-order valence-corrected chi connectivity index (χ0v) is 10.6. The van der Waals surface area contributed by atoms with E-state index in [4.69, 9.17) is 5.84 Å². The van der Waals surface area contributed by atoms with Gasteiger partial charge in [-0.25, -0.2) is 10.8 Å². The molecule has 94 valence electrons. The Morgan fingerprint density at radius 1 is 1.47 bits per heavy atom. The highest BCUT2D eigenvalue weighted by molar-refractivity contribution is 5.94. The molecule has 1 heterocycles. The van der Waals surface area contributed by atoms with E-state index in [9.17, 15) is 4.79 Å². The lowest BCUT2D eigenvalue weighted by molar-refractivity contribution is 0.0952. The molecule has 17 heavy (non-hydrogen) atoms. The molecule has 0 saturated heterocycles. The lowest BCUT2D eigenvalue weighted by atomic mass is 10.1. The maximum atomic E-state index is 11.8. The van der Waals surface area contributed by atoms with E-state index in [1.165, 1.54) is 0 Å².